The van der Waals surface area contributed by atoms with E-state index < -0.39 is 11.9 Å². The van der Waals surface area contributed by atoms with Crippen LogP contribution in [0.3, 0.4) is 0 Å². The van der Waals surface area contributed by atoms with Crippen molar-refractivity contribution in [1.29, 1.82) is 0 Å². The lowest BCUT2D eigenvalue weighted by Crippen LogP contribution is -2.30. The van der Waals surface area contributed by atoms with Crippen molar-refractivity contribution in [2.24, 2.45) is 7.05 Å². The van der Waals surface area contributed by atoms with Crippen LogP contribution in [0.15, 0.2) is 41.0 Å². The molecule has 0 radical (unpaired) electrons. The van der Waals surface area contributed by atoms with Gasteiger partial charge in [-0.05, 0) is 49.8 Å². The summed E-state index contributed by atoms with van der Waals surface area (Å²) < 4.78 is 45.4. The lowest BCUT2D eigenvalue weighted by Gasteiger charge is -2.20. The zero-order valence-corrected chi connectivity index (χ0v) is 17.0. The van der Waals surface area contributed by atoms with E-state index in [9.17, 15) is 13.2 Å². The average Bonchev–Trinajstić information content (AvgIpc) is 3.36. The van der Waals surface area contributed by atoms with Crippen LogP contribution in [0, 0.1) is 0 Å². The molecule has 0 amide bonds. The minimum atomic E-state index is -4.40. The average molecular weight is 424 g/mol. The summed E-state index contributed by atoms with van der Waals surface area (Å²) in [7, 11) is 1.33. The summed E-state index contributed by atoms with van der Waals surface area (Å²) in [6.45, 7) is 5.58. The second kappa shape index (κ2) is 8.33. The van der Waals surface area contributed by atoms with Crippen molar-refractivity contribution < 1.29 is 17.6 Å². The van der Waals surface area contributed by atoms with Crippen molar-refractivity contribution in [2.45, 2.75) is 25.7 Å². The SMILES string of the molecule is Cn1nc(-c2ccc(CN3CCCN(Cc4ccco4)CC3)s2)cc1C(F)(F)F. The monoisotopic (exact) mass is 424 g/mol. The van der Waals surface area contributed by atoms with Crippen LogP contribution in [0.1, 0.15) is 22.8 Å². The van der Waals surface area contributed by atoms with Gasteiger partial charge in [-0.3, -0.25) is 14.5 Å². The maximum Gasteiger partial charge on any atom is 0.433 e. The van der Waals surface area contributed by atoms with Crippen molar-refractivity contribution in [3.05, 3.63) is 52.9 Å². The quantitative estimate of drug-likeness (QED) is 0.606. The Labute approximate surface area is 171 Å². The molecule has 9 heteroatoms. The van der Waals surface area contributed by atoms with Crippen LogP contribution in [-0.4, -0.2) is 45.8 Å². The van der Waals surface area contributed by atoms with Gasteiger partial charge in [-0.25, -0.2) is 0 Å². The maximum absolute atomic E-state index is 13.0. The number of aryl methyl sites for hydroxylation is 1. The predicted octanol–water partition coefficient (Wildman–Crippen LogP) is 4.47. The van der Waals surface area contributed by atoms with Crippen molar-refractivity contribution in [3.8, 4) is 10.6 Å². The lowest BCUT2D eigenvalue weighted by atomic mass is 10.3. The number of thiophene rings is 1. The highest BCUT2D eigenvalue weighted by Crippen LogP contribution is 2.34. The first-order valence-electron chi connectivity index (χ1n) is 9.56. The Hall–Kier alpha value is -2.10. The molecule has 4 rings (SSSR count). The Kier molecular flexibility index (Phi) is 5.80. The van der Waals surface area contributed by atoms with Crippen LogP contribution in [0.25, 0.3) is 10.6 Å². The molecular formula is C20H23F3N4OS. The molecule has 1 fully saturated rings. The molecular weight excluding hydrogens is 401 g/mol. The first kappa shape index (κ1) is 20.2. The van der Waals surface area contributed by atoms with Crippen LogP contribution in [0.4, 0.5) is 13.2 Å². The van der Waals surface area contributed by atoms with Gasteiger partial charge < -0.3 is 4.42 Å². The summed E-state index contributed by atoms with van der Waals surface area (Å²) in [5.41, 5.74) is -0.358. The van der Waals surface area contributed by atoms with Gasteiger partial charge in [0.05, 0.1) is 17.7 Å². The van der Waals surface area contributed by atoms with Crippen LogP contribution >= 0.6 is 11.3 Å². The van der Waals surface area contributed by atoms with Gasteiger partial charge in [0.1, 0.15) is 17.1 Å². The van der Waals surface area contributed by atoms with E-state index in [1.54, 1.807) is 6.26 Å². The third-order valence-electron chi connectivity index (χ3n) is 5.10. The first-order chi connectivity index (χ1) is 13.9. The van der Waals surface area contributed by atoms with Crippen molar-refractivity contribution in [2.75, 3.05) is 26.2 Å². The molecule has 0 saturated carbocycles. The molecule has 1 saturated heterocycles. The highest BCUT2D eigenvalue weighted by atomic mass is 32.1. The second-order valence-electron chi connectivity index (χ2n) is 7.29. The van der Waals surface area contributed by atoms with Crippen LogP contribution < -0.4 is 0 Å². The second-order valence-corrected chi connectivity index (χ2v) is 8.46. The molecule has 29 heavy (non-hydrogen) atoms. The molecule has 3 aromatic heterocycles. The predicted molar refractivity (Wildman–Crippen MR) is 105 cm³/mol. The number of halogens is 3. The fraction of sp³-hybridized carbons (Fsp3) is 0.450. The van der Waals surface area contributed by atoms with Crippen LogP contribution in [0.5, 0.6) is 0 Å². The molecule has 0 atom stereocenters. The molecule has 0 aliphatic carbocycles. The molecule has 0 N–H and O–H groups in total. The summed E-state index contributed by atoms with van der Waals surface area (Å²) in [6.07, 6.45) is -1.62. The van der Waals surface area contributed by atoms with Gasteiger partial charge in [0, 0.05) is 31.6 Å². The highest BCUT2D eigenvalue weighted by molar-refractivity contribution is 7.15. The molecule has 1 aliphatic heterocycles. The standard InChI is InChI=1S/C20H23F3N4OS/c1-25-19(20(21,22)23)12-17(24-25)18-6-5-16(29-18)14-27-8-3-7-26(9-10-27)13-15-4-2-11-28-15/h2,4-6,11-12H,3,7-10,13-14H2,1H3. The Morgan fingerprint density at radius 2 is 1.83 bits per heavy atom. The maximum atomic E-state index is 13.0. The third kappa shape index (κ3) is 4.91. The molecule has 3 aromatic rings. The van der Waals surface area contributed by atoms with Gasteiger partial charge in [0.2, 0.25) is 0 Å². The number of nitrogens with zero attached hydrogens (tertiary/aromatic N) is 4. The zero-order valence-electron chi connectivity index (χ0n) is 16.2. The van der Waals surface area contributed by atoms with E-state index in [0.29, 0.717) is 5.69 Å². The van der Waals surface area contributed by atoms with Gasteiger partial charge in [0.15, 0.2) is 0 Å². The zero-order chi connectivity index (χ0) is 20.4. The Balaban J connectivity index is 1.37. The van der Waals surface area contributed by atoms with Crippen molar-refractivity contribution >= 4 is 11.3 Å². The van der Waals surface area contributed by atoms with E-state index in [4.69, 9.17) is 4.42 Å². The normalized spacial score (nSPS) is 17.0. The van der Waals surface area contributed by atoms with Gasteiger partial charge >= 0.3 is 6.18 Å². The lowest BCUT2D eigenvalue weighted by molar-refractivity contribution is -0.143. The largest absolute Gasteiger partial charge is 0.468 e. The van der Waals surface area contributed by atoms with Gasteiger partial charge in [-0.1, -0.05) is 0 Å². The number of alkyl halides is 3. The van der Waals surface area contributed by atoms with Gasteiger partial charge in [0.25, 0.3) is 0 Å². The topological polar surface area (TPSA) is 37.4 Å². The minimum Gasteiger partial charge on any atom is -0.468 e. The van der Waals surface area contributed by atoms with E-state index in [1.807, 2.05) is 24.3 Å². The van der Waals surface area contributed by atoms with Gasteiger partial charge in [-0.15, -0.1) is 11.3 Å². The molecule has 5 nitrogen and oxygen atoms in total. The fourth-order valence-electron chi connectivity index (χ4n) is 3.64. The summed E-state index contributed by atoms with van der Waals surface area (Å²) in [6, 6.07) is 8.88. The first-order valence-corrected chi connectivity index (χ1v) is 10.4. The smallest absolute Gasteiger partial charge is 0.433 e. The third-order valence-corrected chi connectivity index (χ3v) is 6.20. The minimum absolute atomic E-state index is 0.372. The summed E-state index contributed by atoms with van der Waals surface area (Å²) in [5.74, 6) is 0.981. The molecule has 0 spiro atoms. The fourth-order valence-corrected chi connectivity index (χ4v) is 4.64. The van der Waals surface area contributed by atoms with Crippen molar-refractivity contribution in [3.63, 3.8) is 0 Å². The van der Waals surface area contributed by atoms with E-state index in [0.717, 1.165) is 72.0 Å². The number of hydrogen-bond acceptors (Lipinski definition) is 5. The highest BCUT2D eigenvalue weighted by Gasteiger charge is 2.35. The molecule has 1 aliphatic rings. The summed E-state index contributed by atoms with van der Waals surface area (Å²) >= 11 is 1.51. The van der Waals surface area contributed by atoms with E-state index in [-0.39, 0.29) is 0 Å². The molecule has 0 aromatic carbocycles. The number of hydrogen-bond donors (Lipinski definition) is 0. The Morgan fingerprint density at radius 1 is 1.07 bits per heavy atom. The Bertz CT molecular complexity index is 932. The molecule has 4 heterocycles. The van der Waals surface area contributed by atoms with E-state index in [2.05, 4.69) is 14.9 Å². The molecule has 0 bridgehead atoms. The number of rotatable bonds is 5. The Morgan fingerprint density at radius 3 is 2.48 bits per heavy atom. The summed E-state index contributed by atoms with van der Waals surface area (Å²) in [4.78, 5) is 6.70. The van der Waals surface area contributed by atoms with Crippen molar-refractivity contribution in [1.82, 2.24) is 19.6 Å². The van der Waals surface area contributed by atoms with Crippen LogP contribution in [0.2, 0.25) is 0 Å². The van der Waals surface area contributed by atoms with Crippen LogP contribution in [-0.2, 0) is 26.3 Å². The number of furan rings is 1. The number of aromatic nitrogens is 2. The summed E-state index contributed by atoms with van der Waals surface area (Å²) in [5, 5.41) is 4.05. The van der Waals surface area contributed by atoms with E-state index >= 15 is 0 Å². The molecule has 156 valence electrons. The van der Waals surface area contributed by atoms with Gasteiger partial charge in [-0.2, -0.15) is 18.3 Å². The molecule has 0 unspecified atom stereocenters. The van der Waals surface area contributed by atoms with E-state index in [1.165, 1.54) is 18.4 Å².